The lowest BCUT2D eigenvalue weighted by atomic mass is 9.92. The maximum absolute atomic E-state index is 2.41. The van der Waals surface area contributed by atoms with Gasteiger partial charge >= 0.3 is 0 Å². The fourth-order valence-corrected chi connectivity index (χ4v) is 7.65. The van der Waals surface area contributed by atoms with Crippen LogP contribution in [0.25, 0.3) is 71.3 Å². The van der Waals surface area contributed by atoms with Gasteiger partial charge in [0.05, 0.1) is 11.0 Å². The zero-order chi connectivity index (χ0) is 26.2. The molecule has 1 aliphatic rings. The summed E-state index contributed by atoms with van der Waals surface area (Å²) in [5.74, 6) is 0. The summed E-state index contributed by atoms with van der Waals surface area (Å²) in [4.78, 5) is 2.67. The van der Waals surface area contributed by atoms with E-state index >= 15 is 0 Å². The molecule has 8 aromatic rings. The van der Waals surface area contributed by atoms with Gasteiger partial charge in [-0.25, -0.2) is 0 Å². The highest BCUT2D eigenvalue weighted by Crippen LogP contribution is 2.49. The molecule has 2 heteroatoms. The minimum Gasteiger partial charge on any atom is -0.309 e. The smallest absolute Gasteiger partial charge is 0.0541 e. The number of aromatic nitrogens is 1. The molecule has 0 spiro atoms. The lowest BCUT2D eigenvalue weighted by molar-refractivity contribution is 1.19. The van der Waals surface area contributed by atoms with Crippen LogP contribution < -0.4 is 0 Å². The molecule has 0 atom stereocenters. The standard InChI is InChI=1S/C38H23NS/c1-2-9-25-21-29(18-16-24(25)8-1)39-34-13-5-3-11-30(34)32-22-26(17-19-35(32)39)28-20-27-10-7-15-37-38(27)33(23-28)31-12-4-6-14-36(31)40-37/h1-23H. The Bertz CT molecular complexity index is 2310. The van der Waals surface area contributed by atoms with Crippen LogP contribution in [0.1, 0.15) is 0 Å². The van der Waals surface area contributed by atoms with E-state index in [0.717, 1.165) is 0 Å². The lowest BCUT2D eigenvalue weighted by Gasteiger charge is -2.21. The molecule has 0 bridgehead atoms. The first-order chi connectivity index (χ1) is 19.8. The first-order valence-corrected chi connectivity index (χ1v) is 14.5. The van der Waals surface area contributed by atoms with Gasteiger partial charge in [-0.15, -0.1) is 0 Å². The molecule has 0 N–H and O–H groups in total. The maximum atomic E-state index is 2.41. The van der Waals surface area contributed by atoms with E-state index in [-0.39, 0.29) is 0 Å². The van der Waals surface area contributed by atoms with Crippen molar-refractivity contribution < 1.29 is 0 Å². The van der Waals surface area contributed by atoms with Crippen LogP contribution in [0.3, 0.4) is 0 Å². The van der Waals surface area contributed by atoms with Crippen LogP contribution in [0, 0.1) is 0 Å². The molecule has 1 aromatic heterocycles. The molecule has 186 valence electrons. The van der Waals surface area contributed by atoms with Crippen molar-refractivity contribution in [1.29, 1.82) is 0 Å². The molecule has 7 aromatic carbocycles. The summed E-state index contributed by atoms with van der Waals surface area (Å²) in [5.41, 5.74) is 8.80. The quantitative estimate of drug-likeness (QED) is 0.217. The van der Waals surface area contributed by atoms with Crippen LogP contribution in [-0.2, 0) is 0 Å². The largest absolute Gasteiger partial charge is 0.309 e. The number of hydrogen-bond donors (Lipinski definition) is 0. The number of para-hydroxylation sites is 1. The van der Waals surface area contributed by atoms with E-state index in [1.54, 1.807) is 0 Å². The first kappa shape index (κ1) is 22.1. The molecule has 0 saturated heterocycles. The molecule has 0 radical (unpaired) electrons. The Balaban J connectivity index is 1.29. The molecular weight excluding hydrogens is 502 g/mol. The minimum atomic E-state index is 1.19. The zero-order valence-electron chi connectivity index (χ0n) is 21.6. The van der Waals surface area contributed by atoms with E-state index in [2.05, 4.69) is 144 Å². The maximum Gasteiger partial charge on any atom is 0.0541 e. The molecular formula is C38H23NS. The van der Waals surface area contributed by atoms with Crippen molar-refractivity contribution in [2.45, 2.75) is 9.79 Å². The molecule has 0 saturated carbocycles. The van der Waals surface area contributed by atoms with Crippen molar-refractivity contribution in [1.82, 2.24) is 4.57 Å². The van der Waals surface area contributed by atoms with Gasteiger partial charge in [0, 0.05) is 31.6 Å². The van der Waals surface area contributed by atoms with Crippen molar-refractivity contribution in [2.75, 3.05) is 0 Å². The summed E-state index contributed by atoms with van der Waals surface area (Å²) in [5, 5.41) is 7.73. The van der Waals surface area contributed by atoms with Crippen molar-refractivity contribution in [3.63, 3.8) is 0 Å². The van der Waals surface area contributed by atoms with E-state index in [1.165, 1.54) is 81.1 Å². The van der Waals surface area contributed by atoms with Crippen molar-refractivity contribution in [2.24, 2.45) is 0 Å². The second-order valence-corrected chi connectivity index (χ2v) is 11.7. The number of benzene rings is 7. The van der Waals surface area contributed by atoms with E-state index in [4.69, 9.17) is 0 Å². The van der Waals surface area contributed by atoms with E-state index in [1.807, 2.05) is 11.8 Å². The normalized spacial score (nSPS) is 12.4. The van der Waals surface area contributed by atoms with Crippen LogP contribution >= 0.6 is 11.8 Å². The SMILES string of the molecule is c1ccc2c(c1)Sc1cccc3cc(-c4ccc5c(c4)c4ccccc4n5-c4ccc5ccccc5c4)cc-2c13. The average molecular weight is 526 g/mol. The molecule has 40 heavy (non-hydrogen) atoms. The van der Waals surface area contributed by atoms with E-state index < -0.39 is 0 Å². The monoisotopic (exact) mass is 525 g/mol. The number of nitrogens with zero attached hydrogens (tertiary/aromatic N) is 1. The second-order valence-electron chi connectivity index (χ2n) is 10.6. The van der Waals surface area contributed by atoms with Crippen molar-refractivity contribution in [3.05, 3.63) is 140 Å². The Morgan fingerprint density at radius 2 is 1.20 bits per heavy atom. The van der Waals surface area contributed by atoms with Crippen LogP contribution in [0.5, 0.6) is 0 Å². The third-order valence-corrected chi connectivity index (χ3v) is 9.47. The third kappa shape index (κ3) is 3.17. The van der Waals surface area contributed by atoms with Crippen molar-refractivity contribution in [3.8, 4) is 27.9 Å². The Morgan fingerprint density at radius 1 is 0.425 bits per heavy atom. The molecule has 0 unspecified atom stereocenters. The summed E-state index contributed by atoms with van der Waals surface area (Å²) in [6.45, 7) is 0. The van der Waals surface area contributed by atoms with Crippen LogP contribution in [0.4, 0.5) is 0 Å². The van der Waals surface area contributed by atoms with Gasteiger partial charge in [-0.3, -0.25) is 0 Å². The topological polar surface area (TPSA) is 4.93 Å². The fraction of sp³-hybridized carbons (Fsp3) is 0. The highest BCUT2D eigenvalue weighted by molar-refractivity contribution is 7.99. The molecule has 2 heterocycles. The summed E-state index contributed by atoms with van der Waals surface area (Å²) in [7, 11) is 0. The summed E-state index contributed by atoms with van der Waals surface area (Å²) >= 11 is 1.88. The minimum absolute atomic E-state index is 1.19. The van der Waals surface area contributed by atoms with E-state index in [9.17, 15) is 0 Å². The van der Waals surface area contributed by atoms with Gasteiger partial charge < -0.3 is 4.57 Å². The van der Waals surface area contributed by atoms with Gasteiger partial charge in [0.15, 0.2) is 0 Å². The number of fused-ring (bicyclic) bond motifs is 6. The number of rotatable bonds is 2. The molecule has 1 aliphatic heterocycles. The highest BCUT2D eigenvalue weighted by Gasteiger charge is 2.20. The molecule has 0 amide bonds. The predicted molar refractivity (Wildman–Crippen MR) is 171 cm³/mol. The van der Waals surface area contributed by atoms with Crippen LogP contribution in [0.2, 0.25) is 0 Å². The van der Waals surface area contributed by atoms with Gasteiger partial charge in [0.25, 0.3) is 0 Å². The van der Waals surface area contributed by atoms with Gasteiger partial charge in [-0.05, 0) is 93.0 Å². The summed E-state index contributed by atoms with van der Waals surface area (Å²) < 4.78 is 2.41. The Morgan fingerprint density at radius 3 is 2.17 bits per heavy atom. The molecule has 0 fully saturated rings. The Hall–Kier alpha value is -4.79. The third-order valence-electron chi connectivity index (χ3n) is 8.33. The molecule has 1 nitrogen and oxygen atoms in total. The first-order valence-electron chi connectivity index (χ1n) is 13.7. The van der Waals surface area contributed by atoms with Crippen LogP contribution in [0.15, 0.2) is 149 Å². The van der Waals surface area contributed by atoms with Crippen LogP contribution in [-0.4, -0.2) is 4.57 Å². The average Bonchev–Trinajstić information content (AvgIpc) is 3.34. The summed E-state index contributed by atoms with van der Waals surface area (Å²) in [6.07, 6.45) is 0. The van der Waals surface area contributed by atoms with Gasteiger partial charge in [0.2, 0.25) is 0 Å². The predicted octanol–water partition coefficient (Wildman–Crippen LogP) is 10.9. The lowest BCUT2D eigenvalue weighted by Crippen LogP contribution is -1.94. The van der Waals surface area contributed by atoms with E-state index in [0.29, 0.717) is 0 Å². The Kier molecular flexibility index (Phi) is 4.61. The van der Waals surface area contributed by atoms with Gasteiger partial charge in [-0.1, -0.05) is 96.7 Å². The Labute approximate surface area is 236 Å². The summed E-state index contributed by atoms with van der Waals surface area (Å²) in [6, 6.07) is 51.3. The fourth-order valence-electron chi connectivity index (χ4n) is 6.50. The zero-order valence-corrected chi connectivity index (χ0v) is 22.5. The van der Waals surface area contributed by atoms with Gasteiger partial charge in [-0.2, -0.15) is 0 Å². The molecule has 9 rings (SSSR count). The van der Waals surface area contributed by atoms with Crippen molar-refractivity contribution >= 4 is 55.1 Å². The number of hydrogen-bond acceptors (Lipinski definition) is 1. The van der Waals surface area contributed by atoms with Gasteiger partial charge in [0.1, 0.15) is 0 Å². The highest BCUT2D eigenvalue weighted by atomic mass is 32.2. The molecule has 0 aliphatic carbocycles. The second kappa shape index (κ2) is 8.35.